The fourth-order valence-corrected chi connectivity index (χ4v) is 5.67. The van der Waals surface area contributed by atoms with Gasteiger partial charge in [0.05, 0.1) is 6.04 Å². The molecule has 5 nitrogen and oxygen atoms in total. The van der Waals surface area contributed by atoms with Crippen LogP contribution in [0, 0.1) is 26.7 Å². The first-order valence-electron chi connectivity index (χ1n) is 11.2. The summed E-state index contributed by atoms with van der Waals surface area (Å²) >= 11 is 12.1. The predicted molar refractivity (Wildman–Crippen MR) is 141 cm³/mol. The quantitative estimate of drug-likeness (QED) is 0.436. The van der Waals surface area contributed by atoms with E-state index >= 15 is 0 Å². The first-order chi connectivity index (χ1) is 16.2. The smallest absolute Gasteiger partial charge is 0.236 e. The molecule has 2 aliphatic rings. The number of rotatable bonds is 3. The number of hydrogen-bond acceptors (Lipinski definition) is 3. The Labute approximate surface area is 210 Å². The minimum absolute atomic E-state index is 0.145. The van der Waals surface area contributed by atoms with Crippen molar-refractivity contribution in [3.8, 4) is 5.75 Å². The fraction of sp³-hybridized carbons (Fsp3) is 0.259. The minimum Gasteiger partial charge on any atom is -0.467 e. The Balaban J connectivity index is 1.63. The summed E-state index contributed by atoms with van der Waals surface area (Å²) in [5, 5.41) is 7.65. The van der Waals surface area contributed by atoms with Crippen LogP contribution in [0.15, 0.2) is 60.7 Å². The van der Waals surface area contributed by atoms with E-state index in [1.54, 1.807) is 6.07 Å². The van der Waals surface area contributed by atoms with E-state index in [0.717, 1.165) is 39.4 Å². The standard InChI is InChI=1S/C27H26ClN3O2S/c1-15-8-10-21(17(3)12-15)29-25(32)23-24-20-13-16(2)9-11-22(20)33-27(23,4)31(26(34)30-24)19-7-5-6-18(28)14-19/h5-14,23-24H,1-4H3,(H,29,32)(H,30,34)/t23-,24-,27+/m1/s1. The lowest BCUT2D eigenvalue weighted by Gasteiger charge is -2.56. The Bertz CT molecular complexity index is 1330. The number of thiocarbonyl (C=S) groups is 1. The van der Waals surface area contributed by atoms with Gasteiger partial charge in [-0.1, -0.05) is 53.1 Å². The molecule has 2 aliphatic heterocycles. The van der Waals surface area contributed by atoms with Crippen LogP contribution in [0.2, 0.25) is 5.02 Å². The lowest BCUT2D eigenvalue weighted by atomic mass is 9.78. The molecule has 3 aromatic rings. The second-order valence-electron chi connectivity index (χ2n) is 9.23. The molecule has 0 unspecified atom stereocenters. The summed E-state index contributed by atoms with van der Waals surface area (Å²) < 4.78 is 6.64. The molecule has 0 spiro atoms. The van der Waals surface area contributed by atoms with Crippen LogP contribution >= 0.6 is 23.8 Å². The third-order valence-electron chi connectivity index (χ3n) is 6.64. The third kappa shape index (κ3) is 3.71. The van der Waals surface area contributed by atoms with Crippen LogP contribution in [0.1, 0.15) is 35.2 Å². The first-order valence-corrected chi connectivity index (χ1v) is 12.0. The predicted octanol–water partition coefficient (Wildman–Crippen LogP) is 6.06. The molecule has 2 heterocycles. The summed E-state index contributed by atoms with van der Waals surface area (Å²) in [5.41, 5.74) is 4.62. The first kappa shape index (κ1) is 22.7. The van der Waals surface area contributed by atoms with Crippen LogP contribution in [0.3, 0.4) is 0 Å². The molecule has 0 radical (unpaired) electrons. The summed E-state index contributed by atoms with van der Waals surface area (Å²) in [4.78, 5) is 15.8. The van der Waals surface area contributed by atoms with Crippen LogP contribution in [0.25, 0.3) is 0 Å². The number of carbonyl (C=O) groups excluding carboxylic acids is 1. The summed E-state index contributed by atoms with van der Waals surface area (Å²) in [6.07, 6.45) is 0. The number of benzene rings is 3. The molecular weight excluding hydrogens is 466 g/mol. The number of nitrogens with one attached hydrogen (secondary N) is 2. The van der Waals surface area contributed by atoms with Crippen molar-refractivity contribution in [2.45, 2.75) is 39.5 Å². The number of carbonyl (C=O) groups is 1. The lowest BCUT2D eigenvalue weighted by molar-refractivity contribution is -0.130. The van der Waals surface area contributed by atoms with Crippen LogP contribution < -0.4 is 20.3 Å². The number of nitrogens with zero attached hydrogens (tertiary/aromatic N) is 1. The largest absolute Gasteiger partial charge is 0.467 e. The van der Waals surface area contributed by atoms with Crippen LogP contribution in [0.4, 0.5) is 11.4 Å². The topological polar surface area (TPSA) is 53.6 Å². The van der Waals surface area contributed by atoms with Gasteiger partial charge in [-0.2, -0.15) is 0 Å². The van der Waals surface area contributed by atoms with Crippen LogP contribution in [-0.2, 0) is 4.79 Å². The van der Waals surface area contributed by atoms with E-state index in [-0.39, 0.29) is 11.9 Å². The van der Waals surface area contributed by atoms with Crippen molar-refractivity contribution in [2.24, 2.45) is 5.92 Å². The van der Waals surface area contributed by atoms with Crippen molar-refractivity contribution >= 4 is 46.2 Å². The molecule has 3 atom stereocenters. The van der Waals surface area contributed by atoms with Gasteiger partial charge in [-0.25, -0.2) is 0 Å². The maximum Gasteiger partial charge on any atom is 0.236 e. The van der Waals surface area contributed by atoms with Crippen LogP contribution in [0.5, 0.6) is 5.75 Å². The molecule has 2 N–H and O–H groups in total. The number of fused-ring (bicyclic) bond motifs is 4. The molecule has 1 amide bonds. The molecule has 0 aromatic heterocycles. The summed E-state index contributed by atoms with van der Waals surface area (Å²) in [6, 6.07) is 19.1. The SMILES string of the molecule is Cc1ccc(NC(=O)[C@H]2[C@@H]3NC(=S)N(c4cccc(Cl)c4)[C@@]2(C)Oc2ccc(C)cc23)c(C)c1. The van der Waals surface area contributed by atoms with Crippen molar-refractivity contribution in [3.63, 3.8) is 0 Å². The van der Waals surface area contributed by atoms with E-state index in [2.05, 4.69) is 22.8 Å². The second kappa shape index (κ2) is 8.29. The molecule has 174 valence electrons. The van der Waals surface area contributed by atoms with Crippen molar-refractivity contribution in [1.29, 1.82) is 0 Å². The molecule has 2 bridgehead atoms. The fourth-order valence-electron chi connectivity index (χ4n) is 5.07. The maximum atomic E-state index is 13.9. The van der Waals surface area contributed by atoms with E-state index in [1.165, 1.54) is 0 Å². The van der Waals surface area contributed by atoms with Gasteiger partial charge in [0.1, 0.15) is 11.7 Å². The molecule has 0 saturated carbocycles. The van der Waals surface area contributed by atoms with Crippen molar-refractivity contribution in [2.75, 3.05) is 10.2 Å². The Kier molecular flexibility index (Phi) is 5.53. The average Bonchev–Trinajstić information content (AvgIpc) is 2.76. The van der Waals surface area contributed by atoms with E-state index in [0.29, 0.717) is 10.1 Å². The highest BCUT2D eigenvalue weighted by Gasteiger charge is 2.59. The van der Waals surface area contributed by atoms with Crippen molar-refractivity contribution in [1.82, 2.24) is 5.32 Å². The Morgan fingerprint density at radius 3 is 2.56 bits per heavy atom. The van der Waals surface area contributed by atoms with Gasteiger partial charge < -0.3 is 15.4 Å². The molecule has 1 fully saturated rings. The number of halogens is 1. The van der Waals surface area contributed by atoms with Gasteiger partial charge in [0.15, 0.2) is 10.8 Å². The van der Waals surface area contributed by atoms with Gasteiger partial charge in [-0.15, -0.1) is 0 Å². The van der Waals surface area contributed by atoms with Gasteiger partial charge in [-0.05, 0) is 75.8 Å². The van der Waals surface area contributed by atoms with Gasteiger partial charge in [-0.3, -0.25) is 9.69 Å². The zero-order valence-corrected chi connectivity index (χ0v) is 21.1. The number of hydrogen-bond donors (Lipinski definition) is 2. The monoisotopic (exact) mass is 491 g/mol. The zero-order valence-electron chi connectivity index (χ0n) is 19.5. The normalized spacial score (nSPS) is 23.0. The number of anilines is 2. The minimum atomic E-state index is -1.08. The highest BCUT2D eigenvalue weighted by molar-refractivity contribution is 7.80. The van der Waals surface area contributed by atoms with E-state index in [4.69, 9.17) is 28.6 Å². The summed E-state index contributed by atoms with van der Waals surface area (Å²) in [6.45, 7) is 7.97. The highest BCUT2D eigenvalue weighted by atomic mass is 35.5. The lowest BCUT2D eigenvalue weighted by Crippen LogP contribution is -2.72. The zero-order chi connectivity index (χ0) is 24.2. The van der Waals surface area contributed by atoms with Gasteiger partial charge >= 0.3 is 0 Å². The van der Waals surface area contributed by atoms with E-state index in [1.807, 2.05) is 75.1 Å². The summed E-state index contributed by atoms with van der Waals surface area (Å²) in [7, 11) is 0. The number of ether oxygens (including phenoxy) is 1. The highest BCUT2D eigenvalue weighted by Crippen LogP contribution is 2.50. The molecule has 0 aliphatic carbocycles. The van der Waals surface area contributed by atoms with E-state index in [9.17, 15) is 4.79 Å². The van der Waals surface area contributed by atoms with E-state index < -0.39 is 11.6 Å². The number of amides is 1. The Morgan fingerprint density at radius 1 is 1.09 bits per heavy atom. The molecule has 5 rings (SSSR count). The average molecular weight is 492 g/mol. The molecule has 3 aromatic carbocycles. The summed E-state index contributed by atoms with van der Waals surface area (Å²) in [5.74, 6) is -0.0162. The van der Waals surface area contributed by atoms with Crippen molar-refractivity contribution < 1.29 is 9.53 Å². The Hall–Kier alpha value is -3.09. The van der Waals surface area contributed by atoms with Crippen molar-refractivity contribution in [3.05, 3.63) is 87.9 Å². The molecule has 7 heteroatoms. The molecule has 1 saturated heterocycles. The number of aryl methyl sites for hydroxylation is 3. The Morgan fingerprint density at radius 2 is 1.82 bits per heavy atom. The molecule has 34 heavy (non-hydrogen) atoms. The second-order valence-corrected chi connectivity index (χ2v) is 10.0. The van der Waals surface area contributed by atoms with Gasteiger partial charge in [0.25, 0.3) is 0 Å². The van der Waals surface area contributed by atoms with Gasteiger partial charge in [0, 0.05) is 22.0 Å². The third-order valence-corrected chi connectivity index (χ3v) is 7.18. The molecular formula is C27H26ClN3O2S. The van der Waals surface area contributed by atoms with Crippen LogP contribution in [-0.4, -0.2) is 16.7 Å². The maximum absolute atomic E-state index is 13.9. The van der Waals surface area contributed by atoms with Gasteiger partial charge in [0.2, 0.25) is 5.91 Å².